The number of nitrogens with zero attached hydrogens (tertiary/aromatic N) is 7. The molecule has 2 aliphatic rings. The van der Waals surface area contributed by atoms with Crippen LogP contribution in [0.5, 0.6) is 0 Å². The molecule has 0 bridgehead atoms. The van der Waals surface area contributed by atoms with Gasteiger partial charge >= 0.3 is 0 Å². The van der Waals surface area contributed by atoms with Crippen molar-refractivity contribution in [2.24, 2.45) is 0 Å². The Morgan fingerprint density at radius 3 is 2.48 bits per heavy atom. The van der Waals surface area contributed by atoms with Gasteiger partial charge in [0, 0.05) is 51.7 Å². The summed E-state index contributed by atoms with van der Waals surface area (Å²) in [7, 11) is 0. The third-order valence-corrected chi connectivity index (χ3v) is 6.51. The van der Waals surface area contributed by atoms with Gasteiger partial charge in [-0.2, -0.15) is 4.98 Å². The fourth-order valence-electron chi connectivity index (χ4n) is 3.92. The van der Waals surface area contributed by atoms with Crippen LogP contribution in [0, 0.1) is 0 Å². The fourth-order valence-corrected chi connectivity index (χ4v) is 4.45. The number of anilines is 2. The summed E-state index contributed by atoms with van der Waals surface area (Å²) in [6.45, 7) is 7.83. The van der Waals surface area contributed by atoms with Crippen LogP contribution in [0.2, 0.25) is 0 Å². The molecule has 3 aromatic heterocycles. The van der Waals surface area contributed by atoms with E-state index in [-0.39, 0.29) is 5.95 Å². The molecule has 3 aromatic rings. The summed E-state index contributed by atoms with van der Waals surface area (Å²) < 4.78 is 14.1. The molecule has 2 N–H and O–H groups in total. The van der Waals surface area contributed by atoms with Crippen molar-refractivity contribution in [1.29, 1.82) is 0 Å². The average molecular weight is 443 g/mol. The van der Waals surface area contributed by atoms with Gasteiger partial charge < -0.3 is 19.8 Å². The molecule has 0 amide bonds. The number of furan rings is 1. The van der Waals surface area contributed by atoms with E-state index in [1.54, 1.807) is 12.4 Å². The fraction of sp³-hybridized carbons (Fsp3) is 0.500. The van der Waals surface area contributed by atoms with Crippen molar-refractivity contribution in [1.82, 2.24) is 29.1 Å². The number of morpholine rings is 1. The first-order chi connectivity index (χ1) is 15.2. The summed E-state index contributed by atoms with van der Waals surface area (Å²) in [6.07, 6.45) is 5.41. The summed E-state index contributed by atoms with van der Waals surface area (Å²) in [5.41, 5.74) is 6.93. The highest BCUT2D eigenvalue weighted by atomic mass is 32.2. The third-order valence-electron chi connectivity index (χ3n) is 5.63. The summed E-state index contributed by atoms with van der Waals surface area (Å²) in [5.74, 6) is 2.52. The highest BCUT2D eigenvalue weighted by Crippen LogP contribution is 2.31. The molecular formula is C20H26N8O2S. The predicted octanol–water partition coefficient (Wildman–Crippen LogP) is 1.49. The zero-order valence-electron chi connectivity index (χ0n) is 17.5. The maximum absolute atomic E-state index is 6.21. The van der Waals surface area contributed by atoms with Crippen LogP contribution in [-0.2, 0) is 11.3 Å². The topological polar surface area (TPSA) is 110 Å². The van der Waals surface area contributed by atoms with Crippen LogP contribution in [0.25, 0.3) is 22.5 Å². The molecule has 0 aromatic carbocycles. The molecule has 0 saturated carbocycles. The van der Waals surface area contributed by atoms with Gasteiger partial charge in [-0.3, -0.25) is 4.90 Å². The second-order valence-corrected chi connectivity index (χ2v) is 8.50. The lowest BCUT2D eigenvalue weighted by atomic mass is 10.2. The molecule has 164 valence electrons. The first-order valence-corrected chi connectivity index (χ1v) is 11.6. The molecule has 5 heterocycles. The molecule has 0 aliphatic carbocycles. The molecule has 2 saturated heterocycles. The van der Waals surface area contributed by atoms with Gasteiger partial charge in [0.1, 0.15) is 11.6 Å². The Kier molecular flexibility index (Phi) is 5.90. The van der Waals surface area contributed by atoms with Crippen molar-refractivity contribution in [3.8, 4) is 11.4 Å². The molecule has 0 unspecified atom stereocenters. The highest BCUT2D eigenvalue weighted by molar-refractivity contribution is 7.96. The Balaban J connectivity index is 1.48. The van der Waals surface area contributed by atoms with E-state index in [0.29, 0.717) is 30.3 Å². The number of aromatic nitrogens is 4. The van der Waals surface area contributed by atoms with Crippen molar-refractivity contribution in [2.75, 3.05) is 69.4 Å². The molecule has 0 spiro atoms. The van der Waals surface area contributed by atoms with E-state index in [9.17, 15) is 0 Å². The van der Waals surface area contributed by atoms with E-state index in [1.807, 2.05) is 11.9 Å². The Morgan fingerprint density at radius 1 is 1.03 bits per heavy atom. The SMILES string of the molecule is CSN1CCN(Cc2cc3c(N4CCOCC4)nc(-c4cnc(N)nc4)nc3o2)CC1. The lowest BCUT2D eigenvalue weighted by Gasteiger charge is -2.32. The van der Waals surface area contributed by atoms with Crippen LogP contribution in [0.1, 0.15) is 5.76 Å². The molecule has 5 rings (SSSR count). The summed E-state index contributed by atoms with van der Waals surface area (Å²) in [5, 5.41) is 0.930. The number of nitrogen functional groups attached to an aromatic ring is 1. The molecular weight excluding hydrogens is 416 g/mol. The molecule has 2 fully saturated rings. The van der Waals surface area contributed by atoms with Crippen molar-refractivity contribution < 1.29 is 9.15 Å². The highest BCUT2D eigenvalue weighted by Gasteiger charge is 2.23. The third kappa shape index (κ3) is 4.45. The van der Waals surface area contributed by atoms with Crippen molar-refractivity contribution in [3.63, 3.8) is 0 Å². The van der Waals surface area contributed by atoms with Crippen molar-refractivity contribution >= 4 is 34.8 Å². The monoisotopic (exact) mass is 442 g/mol. The Morgan fingerprint density at radius 2 is 1.77 bits per heavy atom. The summed E-state index contributed by atoms with van der Waals surface area (Å²) in [6, 6.07) is 2.09. The number of fused-ring (bicyclic) bond motifs is 1. The zero-order chi connectivity index (χ0) is 21.2. The second kappa shape index (κ2) is 8.95. The van der Waals surface area contributed by atoms with Gasteiger partial charge in [0.15, 0.2) is 5.82 Å². The first kappa shape index (κ1) is 20.4. The van der Waals surface area contributed by atoms with E-state index in [0.717, 1.165) is 62.8 Å². The van der Waals surface area contributed by atoms with Crippen LogP contribution in [-0.4, -0.2) is 87.9 Å². The van der Waals surface area contributed by atoms with E-state index >= 15 is 0 Å². The number of hydrogen-bond donors (Lipinski definition) is 1. The number of hydrogen-bond acceptors (Lipinski definition) is 11. The zero-order valence-corrected chi connectivity index (χ0v) is 18.3. The van der Waals surface area contributed by atoms with E-state index in [2.05, 4.69) is 41.4 Å². The van der Waals surface area contributed by atoms with E-state index in [4.69, 9.17) is 19.9 Å². The number of piperazine rings is 1. The molecule has 11 heteroatoms. The Labute approximate surface area is 184 Å². The normalized spacial score (nSPS) is 18.7. The second-order valence-electron chi connectivity index (χ2n) is 7.62. The molecule has 0 atom stereocenters. The van der Waals surface area contributed by atoms with Gasteiger partial charge in [-0.1, -0.05) is 11.9 Å². The van der Waals surface area contributed by atoms with Gasteiger partial charge in [-0.15, -0.1) is 0 Å². The van der Waals surface area contributed by atoms with Crippen LogP contribution >= 0.6 is 11.9 Å². The predicted molar refractivity (Wildman–Crippen MR) is 121 cm³/mol. The van der Waals surface area contributed by atoms with Gasteiger partial charge in [0.2, 0.25) is 11.7 Å². The minimum absolute atomic E-state index is 0.222. The molecule has 31 heavy (non-hydrogen) atoms. The molecule has 0 radical (unpaired) electrons. The van der Waals surface area contributed by atoms with Gasteiger partial charge in [0.05, 0.1) is 30.7 Å². The molecule has 2 aliphatic heterocycles. The van der Waals surface area contributed by atoms with Gasteiger partial charge in [-0.25, -0.2) is 19.3 Å². The van der Waals surface area contributed by atoms with Gasteiger partial charge in [0.25, 0.3) is 0 Å². The Bertz CT molecular complexity index is 1030. The summed E-state index contributed by atoms with van der Waals surface area (Å²) in [4.78, 5) is 22.4. The smallest absolute Gasteiger partial charge is 0.232 e. The van der Waals surface area contributed by atoms with Crippen LogP contribution < -0.4 is 10.6 Å². The van der Waals surface area contributed by atoms with Gasteiger partial charge in [-0.05, 0) is 12.3 Å². The Hall–Kier alpha value is -2.47. The van der Waals surface area contributed by atoms with Crippen molar-refractivity contribution in [3.05, 3.63) is 24.2 Å². The van der Waals surface area contributed by atoms with Crippen LogP contribution in [0.4, 0.5) is 11.8 Å². The quantitative estimate of drug-likeness (QED) is 0.580. The van der Waals surface area contributed by atoms with Crippen LogP contribution in [0.3, 0.4) is 0 Å². The van der Waals surface area contributed by atoms with E-state index < -0.39 is 0 Å². The first-order valence-electron chi connectivity index (χ1n) is 10.4. The maximum atomic E-state index is 6.21. The number of ether oxygens (including phenoxy) is 1. The van der Waals surface area contributed by atoms with E-state index in [1.165, 1.54) is 0 Å². The minimum Gasteiger partial charge on any atom is -0.441 e. The minimum atomic E-state index is 0.222. The lowest BCUT2D eigenvalue weighted by Crippen LogP contribution is -2.42. The maximum Gasteiger partial charge on any atom is 0.232 e. The largest absolute Gasteiger partial charge is 0.441 e. The average Bonchev–Trinajstić information content (AvgIpc) is 3.22. The van der Waals surface area contributed by atoms with Crippen LogP contribution in [0.15, 0.2) is 22.9 Å². The number of nitrogens with two attached hydrogens (primary N) is 1. The summed E-state index contributed by atoms with van der Waals surface area (Å²) >= 11 is 1.81. The van der Waals surface area contributed by atoms with Crippen molar-refractivity contribution in [2.45, 2.75) is 6.54 Å². The number of rotatable bonds is 5. The standard InChI is InChI=1S/C20H26N8O2S/c1-31-28-4-2-26(3-5-28)13-15-10-16-18(27-6-8-29-9-7-27)24-17(25-19(16)30-15)14-11-22-20(21)23-12-14/h10-12H,2-9,13H2,1H3,(H2,21,22,23). The molecule has 10 nitrogen and oxygen atoms in total. The lowest BCUT2D eigenvalue weighted by molar-refractivity contribution is 0.122.